The zero-order chi connectivity index (χ0) is 16.4. The minimum absolute atomic E-state index is 0.0452. The molecule has 0 saturated heterocycles. The van der Waals surface area contributed by atoms with Gasteiger partial charge < -0.3 is 10.2 Å². The second kappa shape index (κ2) is 4.83. The zero-order valence-electron chi connectivity index (χ0n) is 14.9. The van der Waals surface area contributed by atoms with E-state index in [9.17, 15) is 10.2 Å². The van der Waals surface area contributed by atoms with Crippen LogP contribution in [0.1, 0.15) is 72.6 Å². The molecule has 0 bridgehead atoms. The Morgan fingerprint density at radius 2 is 1.59 bits per heavy atom. The Morgan fingerprint density at radius 1 is 0.955 bits per heavy atom. The summed E-state index contributed by atoms with van der Waals surface area (Å²) in [5, 5.41) is 22.4. The van der Waals surface area contributed by atoms with Gasteiger partial charge >= 0.3 is 0 Å². The number of aliphatic hydroxyl groups is 2. The highest BCUT2D eigenvalue weighted by atomic mass is 16.3. The fraction of sp³-hybridized carbons (Fsp3) is 0.900. The molecule has 2 N–H and O–H groups in total. The maximum Gasteiger partial charge on any atom is 0.0690 e. The van der Waals surface area contributed by atoms with Crippen LogP contribution < -0.4 is 0 Å². The first-order chi connectivity index (χ1) is 10.1. The summed E-state index contributed by atoms with van der Waals surface area (Å²) in [6.07, 6.45) is 8.59. The summed E-state index contributed by atoms with van der Waals surface area (Å²) in [5.41, 5.74) is -0.448. The van der Waals surface area contributed by atoms with Crippen molar-refractivity contribution in [3.8, 4) is 0 Å². The van der Waals surface area contributed by atoms with Crippen molar-refractivity contribution in [3.63, 3.8) is 0 Å². The number of hydrogen-bond donors (Lipinski definition) is 2. The van der Waals surface area contributed by atoms with E-state index in [4.69, 9.17) is 0 Å². The number of hydrogen-bond acceptors (Lipinski definition) is 2. The molecule has 2 heteroatoms. The molecule has 3 aliphatic rings. The zero-order valence-corrected chi connectivity index (χ0v) is 14.9. The minimum atomic E-state index is -0.624. The van der Waals surface area contributed by atoms with Crippen molar-refractivity contribution >= 4 is 0 Å². The van der Waals surface area contributed by atoms with Crippen molar-refractivity contribution in [2.24, 2.45) is 28.1 Å². The van der Waals surface area contributed by atoms with Gasteiger partial charge in [0.05, 0.1) is 11.7 Å². The highest BCUT2D eigenvalue weighted by Crippen LogP contribution is 2.66. The second-order valence-electron chi connectivity index (χ2n) is 9.73. The molecule has 0 radical (unpaired) electrons. The van der Waals surface area contributed by atoms with Crippen molar-refractivity contribution in [2.45, 2.75) is 84.3 Å². The van der Waals surface area contributed by atoms with Gasteiger partial charge in [0.2, 0.25) is 0 Å². The highest BCUT2D eigenvalue weighted by Gasteiger charge is 2.64. The Bertz CT molecular complexity index is 470. The molecule has 0 aromatic rings. The van der Waals surface area contributed by atoms with Crippen LogP contribution in [-0.4, -0.2) is 21.9 Å². The molecule has 126 valence electrons. The molecular weight excluding hydrogens is 272 g/mol. The SMILES string of the molecule is C=C[C@@]1(C)CC[C@@H]2[C@@](O)(CC[C@H]3C(C)(C)CC[C@@H](O)[C@]23C)C1. The molecule has 0 unspecified atom stereocenters. The molecule has 0 heterocycles. The molecule has 0 aromatic heterocycles. The summed E-state index contributed by atoms with van der Waals surface area (Å²) in [6, 6.07) is 0. The van der Waals surface area contributed by atoms with Crippen molar-refractivity contribution in [1.82, 2.24) is 0 Å². The first-order valence-electron chi connectivity index (χ1n) is 9.11. The van der Waals surface area contributed by atoms with Gasteiger partial charge in [-0.15, -0.1) is 6.58 Å². The van der Waals surface area contributed by atoms with Crippen LogP contribution in [0.3, 0.4) is 0 Å². The van der Waals surface area contributed by atoms with E-state index < -0.39 is 5.60 Å². The van der Waals surface area contributed by atoms with Crippen LogP contribution in [-0.2, 0) is 0 Å². The van der Waals surface area contributed by atoms with E-state index >= 15 is 0 Å². The van der Waals surface area contributed by atoms with Gasteiger partial charge in [0, 0.05) is 5.41 Å². The molecule has 6 atom stereocenters. The van der Waals surface area contributed by atoms with Crippen LogP contribution in [0.15, 0.2) is 12.7 Å². The molecule has 3 rings (SSSR count). The Balaban J connectivity index is 1.99. The highest BCUT2D eigenvalue weighted by molar-refractivity contribution is 5.15. The van der Waals surface area contributed by atoms with E-state index in [1.807, 2.05) is 6.08 Å². The van der Waals surface area contributed by atoms with E-state index in [0.29, 0.717) is 5.92 Å². The second-order valence-corrected chi connectivity index (χ2v) is 9.73. The van der Waals surface area contributed by atoms with Crippen molar-refractivity contribution in [2.75, 3.05) is 0 Å². The van der Waals surface area contributed by atoms with Gasteiger partial charge in [-0.1, -0.05) is 33.8 Å². The average Bonchev–Trinajstić information content (AvgIpc) is 2.42. The van der Waals surface area contributed by atoms with Crippen molar-refractivity contribution in [1.29, 1.82) is 0 Å². The van der Waals surface area contributed by atoms with E-state index in [2.05, 4.69) is 34.3 Å². The first-order valence-corrected chi connectivity index (χ1v) is 9.11. The molecular formula is C20H34O2. The minimum Gasteiger partial charge on any atom is -0.393 e. The lowest BCUT2D eigenvalue weighted by Crippen LogP contribution is -2.65. The van der Waals surface area contributed by atoms with Gasteiger partial charge in [0.15, 0.2) is 0 Å². The average molecular weight is 306 g/mol. The maximum atomic E-state index is 11.5. The lowest BCUT2D eigenvalue weighted by Gasteiger charge is -2.65. The van der Waals surface area contributed by atoms with Crippen LogP contribution in [0, 0.1) is 28.1 Å². The van der Waals surface area contributed by atoms with Crippen LogP contribution in [0.5, 0.6) is 0 Å². The molecule has 0 amide bonds. The van der Waals surface area contributed by atoms with Gasteiger partial charge in [-0.2, -0.15) is 0 Å². The number of allylic oxidation sites excluding steroid dienone is 1. The van der Waals surface area contributed by atoms with E-state index in [1.54, 1.807) is 0 Å². The summed E-state index contributed by atoms with van der Waals surface area (Å²) >= 11 is 0. The Kier molecular flexibility index (Phi) is 3.63. The normalized spacial score (nSPS) is 54.2. The Morgan fingerprint density at radius 3 is 2.23 bits per heavy atom. The number of rotatable bonds is 1. The predicted molar refractivity (Wildman–Crippen MR) is 90.4 cm³/mol. The van der Waals surface area contributed by atoms with Gasteiger partial charge in [-0.05, 0) is 67.6 Å². The Labute approximate surface area is 136 Å². The summed E-state index contributed by atoms with van der Waals surface area (Å²) in [5.74, 6) is 0.739. The Hall–Kier alpha value is -0.340. The number of fused-ring (bicyclic) bond motifs is 3. The van der Waals surface area contributed by atoms with Gasteiger partial charge in [-0.3, -0.25) is 0 Å². The standard InChI is InChI=1S/C20H34O2/c1-6-18(4)11-7-15-19(5)14(8-12-20(15,22)13-18)17(2,3)10-9-16(19)21/h6,14-16,21-22H,1,7-13H2,2-5H3/t14-,15-,16+,18-,19-,20+/m0/s1. The van der Waals surface area contributed by atoms with Crippen LogP contribution in [0.25, 0.3) is 0 Å². The molecule has 3 aliphatic carbocycles. The summed E-state index contributed by atoms with van der Waals surface area (Å²) < 4.78 is 0. The number of aliphatic hydroxyl groups excluding tert-OH is 1. The van der Waals surface area contributed by atoms with Gasteiger partial charge in [0.1, 0.15) is 0 Å². The van der Waals surface area contributed by atoms with Crippen LogP contribution in [0.4, 0.5) is 0 Å². The summed E-state index contributed by atoms with van der Waals surface area (Å²) in [7, 11) is 0. The molecule has 3 saturated carbocycles. The molecule has 0 spiro atoms. The van der Waals surface area contributed by atoms with Crippen molar-refractivity contribution in [3.05, 3.63) is 12.7 Å². The largest absolute Gasteiger partial charge is 0.393 e. The third-order valence-corrected chi connectivity index (χ3v) is 7.95. The topological polar surface area (TPSA) is 40.5 Å². The van der Waals surface area contributed by atoms with Gasteiger partial charge in [0.25, 0.3) is 0 Å². The molecule has 3 fully saturated rings. The first kappa shape index (κ1) is 16.5. The fourth-order valence-electron chi connectivity index (χ4n) is 6.62. The molecule has 0 aliphatic heterocycles. The van der Waals surface area contributed by atoms with E-state index in [-0.39, 0.29) is 28.3 Å². The lowest BCUT2D eigenvalue weighted by molar-refractivity contribution is -0.237. The third-order valence-electron chi connectivity index (χ3n) is 7.95. The van der Waals surface area contributed by atoms with Crippen LogP contribution in [0.2, 0.25) is 0 Å². The molecule has 0 aromatic carbocycles. The predicted octanol–water partition coefficient (Wildman–Crippen LogP) is 4.31. The summed E-state index contributed by atoms with van der Waals surface area (Å²) in [6.45, 7) is 13.2. The maximum absolute atomic E-state index is 11.5. The molecule has 2 nitrogen and oxygen atoms in total. The monoisotopic (exact) mass is 306 g/mol. The smallest absolute Gasteiger partial charge is 0.0690 e. The fourth-order valence-corrected chi connectivity index (χ4v) is 6.62. The third kappa shape index (κ3) is 2.13. The lowest BCUT2D eigenvalue weighted by atomic mass is 9.41. The quantitative estimate of drug-likeness (QED) is 0.709. The molecule has 22 heavy (non-hydrogen) atoms. The van der Waals surface area contributed by atoms with Crippen molar-refractivity contribution < 1.29 is 10.2 Å². The summed E-state index contributed by atoms with van der Waals surface area (Å²) in [4.78, 5) is 0. The van der Waals surface area contributed by atoms with Crippen LogP contribution >= 0.6 is 0 Å². The van der Waals surface area contributed by atoms with Gasteiger partial charge in [-0.25, -0.2) is 0 Å². The van der Waals surface area contributed by atoms with E-state index in [0.717, 1.165) is 44.9 Å². The van der Waals surface area contributed by atoms with E-state index in [1.165, 1.54) is 0 Å².